The third-order valence-electron chi connectivity index (χ3n) is 6.98. The molecule has 214 valence electrons. The Bertz CT molecular complexity index is 1460. The van der Waals surface area contributed by atoms with E-state index in [9.17, 15) is 22.4 Å². The molecule has 9 heteroatoms. The van der Waals surface area contributed by atoms with Crippen molar-refractivity contribution in [1.82, 2.24) is 10.2 Å². The summed E-state index contributed by atoms with van der Waals surface area (Å²) >= 11 is 0. The Morgan fingerprint density at radius 2 is 1.55 bits per heavy atom. The van der Waals surface area contributed by atoms with Crippen molar-refractivity contribution >= 4 is 27.5 Å². The van der Waals surface area contributed by atoms with Crippen molar-refractivity contribution in [3.05, 3.63) is 94.8 Å². The number of rotatable bonds is 11. The molecule has 0 aliphatic carbocycles. The van der Waals surface area contributed by atoms with E-state index in [-0.39, 0.29) is 23.0 Å². The predicted molar refractivity (Wildman–Crippen MR) is 156 cm³/mol. The van der Waals surface area contributed by atoms with Crippen LogP contribution in [0.3, 0.4) is 0 Å². The topological polar surface area (TPSA) is 86.8 Å². The zero-order valence-electron chi connectivity index (χ0n) is 23.9. The van der Waals surface area contributed by atoms with Gasteiger partial charge in [0.2, 0.25) is 11.8 Å². The molecule has 0 aliphatic heterocycles. The van der Waals surface area contributed by atoms with E-state index in [1.807, 2.05) is 33.8 Å². The first-order valence-electron chi connectivity index (χ1n) is 13.3. The molecule has 7 nitrogen and oxygen atoms in total. The van der Waals surface area contributed by atoms with Crippen molar-refractivity contribution in [2.45, 2.75) is 71.5 Å². The normalized spacial score (nSPS) is 12.9. The van der Waals surface area contributed by atoms with Crippen molar-refractivity contribution < 1.29 is 22.4 Å². The second-order valence-electron chi connectivity index (χ2n) is 10.2. The number of carbonyl (C=O) groups excluding carboxylic acids is 2. The fraction of sp³-hybridized carbons (Fsp3) is 0.355. The molecule has 0 spiro atoms. The van der Waals surface area contributed by atoms with Gasteiger partial charge in [-0.3, -0.25) is 13.9 Å². The minimum absolute atomic E-state index is 0.0362. The number of carbonyl (C=O) groups is 2. The number of nitrogens with one attached hydrogen (secondary N) is 1. The molecule has 0 radical (unpaired) electrons. The molecule has 0 fully saturated rings. The van der Waals surface area contributed by atoms with Crippen LogP contribution in [-0.2, 0) is 26.2 Å². The quantitative estimate of drug-likeness (QED) is 0.342. The highest BCUT2D eigenvalue weighted by atomic mass is 32.2. The first kappa shape index (κ1) is 30.8. The second kappa shape index (κ2) is 13.1. The lowest BCUT2D eigenvalue weighted by atomic mass is 10.1. The van der Waals surface area contributed by atoms with Gasteiger partial charge >= 0.3 is 0 Å². The van der Waals surface area contributed by atoms with Gasteiger partial charge in [0.15, 0.2) is 0 Å². The van der Waals surface area contributed by atoms with Crippen LogP contribution >= 0.6 is 0 Å². The van der Waals surface area contributed by atoms with Gasteiger partial charge in [0, 0.05) is 18.2 Å². The molecule has 0 saturated heterocycles. The van der Waals surface area contributed by atoms with Crippen LogP contribution in [0.2, 0.25) is 0 Å². The average molecular weight is 568 g/mol. The first-order valence-corrected chi connectivity index (χ1v) is 14.8. The second-order valence-corrected chi connectivity index (χ2v) is 12.1. The monoisotopic (exact) mass is 567 g/mol. The van der Waals surface area contributed by atoms with Gasteiger partial charge in [0.05, 0.1) is 10.6 Å². The van der Waals surface area contributed by atoms with Gasteiger partial charge in [0.1, 0.15) is 18.4 Å². The van der Waals surface area contributed by atoms with Crippen LogP contribution in [0.1, 0.15) is 49.4 Å². The smallest absolute Gasteiger partial charge is 0.264 e. The van der Waals surface area contributed by atoms with E-state index in [1.165, 1.54) is 23.1 Å². The van der Waals surface area contributed by atoms with Crippen molar-refractivity contribution in [2.75, 3.05) is 10.8 Å². The Hall–Kier alpha value is -3.72. The summed E-state index contributed by atoms with van der Waals surface area (Å²) in [5.74, 6) is -1.56. The van der Waals surface area contributed by atoms with Crippen LogP contribution in [-0.4, -0.2) is 43.8 Å². The molecule has 0 aliphatic rings. The van der Waals surface area contributed by atoms with Gasteiger partial charge in [0.25, 0.3) is 10.0 Å². The zero-order valence-corrected chi connectivity index (χ0v) is 24.8. The van der Waals surface area contributed by atoms with Gasteiger partial charge < -0.3 is 10.2 Å². The van der Waals surface area contributed by atoms with E-state index in [0.717, 1.165) is 15.4 Å². The minimum Gasteiger partial charge on any atom is -0.352 e. The number of aryl methyl sites for hydroxylation is 3. The van der Waals surface area contributed by atoms with E-state index in [2.05, 4.69) is 5.32 Å². The van der Waals surface area contributed by atoms with Crippen molar-refractivity contribution in [2.24, 2.45) is 0 Å². The molecule has 2 atom stereocenters. The molecule has 0 heterocycles. The SMILES string of the molecule is CC[C@@H](C)NC(=O)[C@@H](C)N(Cc1ccccc1F)C(=O)CN(c1ccc(C)cc1C)S(=O)(=O)c1ccc(C)cc1. The summed E-state index contributed by atoms with van der Waals surface area (Å²) in [6, 6.07) is 16.6. The maximum atomic E-state index is 14.7. The van der Waals surface area contributed by atoms with Gasteiger partial charge in [-0.1, -0.05) is 60.5 Å². The number of nitrogens with zero attached hydrogens (tertiary/aromatic N) is 2. The van der Waals surface area contributed by atoms with Crippen molar-refractivity contribution in [3.8, 4) is 0 Å². The van der Waals surface area contributed by atoms with Crippen LogP contribution in [0, 0.1) is 26.6 Å². The molecule has 3 aromatic rings. The molecule has 2 amide bonds. The molecule has 3 aromatic carbocycles. The Morgan fingerprint density at radius 1 is 0.925 bits per heavy atom. The fourth-order valence-electron chi connectivity index (χ4n) is 4.29. The molecule has 1 N–H and O–H groups in total. The van der Waals surface area contributed by atoms with E-state index in [0.29, 0.717) is 17.7 Å². The predicted octanol–water partition coefficient (Wildman–Crippen LogP) is 5.28. The molecule has 3 rings (SSSR count). The van der Waals surface area contributed by atoms with Crippen molar-refractivity contribution in [3.63, 3.8) is 0 Å². The van der Waals surface area contributed by atoms with E-state index in [4.69, 9.17) is 0 Å². The average Bonchev–Trinajstić information content (AvgIpc) is 2.91. The lowest BCUT2D eigenvalue weighted by molar-refractivity contribution is -0.139. The zero-order chi connectivity index (χ0) is 29.6. The third-order valence-corrected chi connectivity index (χ3v) is 8.75. The van der Waals surface area contributed by atoms with Crippen LogP contribution < -0.4 is 9.62 Å². The molecular weight excluding hydrogens is 529 g/mol. The maximum Gasteiger partial charge on any atom is 0.264 e. The standard InChI is InChI=1S/C31H38FN3O4S/c1-7-24(5)33-31(37)25(6)34(19-26-10-8-9-11-28(26)32)30(36)20-35(29-17-14-22(3)18-23(29)4)40(38,39)27-15-12-21(2)13-16-27/h8-18,24-25H,7,19-20H2,1-6H3,(H,33,37)/t24-,25-/m1/s1. The Labute approximate surface area is 237 Å². The highest BCUT2D eigenvalue weighted by molar-refractivity contribution is 7.92. The molecule has 40 heavy (non-hydrogen) atoms. The molecule has 0 aromatic heterocycles. The third kappa shape index (κ3) is 7.27. The lowest BCUT2D eigenvalue weighted by Gasteiger charge is -2.33. The fourth-order valence-corrected chi connectivity index (χ4v) is 5.77. The highest BCUT2D eigenvalue weighted by Gasteiger charge is 2.33. The first-order chi connectivity index (χ1) is 18.8. The summed E-state index contributed by atoms with van der Waals surface area (Å²) in [5, 5.41) is 2.87. The number of hydrogen-bond donors (Lipinski definition) is 1. The largest absolute Gasteiger partial charge is 0.352 e. The summed E-state index contributed by atoms with van der Waals surface area (Å²) in [4.78, 5) is 28.3. The minimum atomic E-state index is -4.17. The van der Waals surface area contributed by atoms with Crippen LogP contribution in [0.4, 0.5) is 10.1 Å². The van der Waals surface area contributed by atoms with Gasteiger partial charge in [-0.25, -0.2) is 12.8 Å². The number of anilines is 1. The van der Waals surface area contributed by atoms with Crippen LogP contribution in [0.25, 0.3) is 0 Å². The van der Waals surface area contributed by atoms with Crippen molar-refractivity contribution in [1.29, 1.82) is 0 Å². The van der Waals surface area contributed by atoms with Gasteiger partial charge in [-0.2, -0.15) is 0 Å². The summed E-state index contributed by atoms with van der Waals surface area (Å²) in [6.45, 7) is 10.1. The Morgan fingerprint density at radius 3 is 2.15 bits per heavy atom. The van der Waals surface area contributed by atoms with E-state index < -0.39 is 40.2 Å². The number of benzene rings is 3. The molecular formula is C31H38FN3O4S. The molecule has 0 saturated carbocycles. The summed E-state index contributed by atoms with van der Waals surface area (Å²) in [7, 11) is -4.17. The molecule has 0 unspecified atom stereocenters. The van der Waals surface area contributed by atoms with Crippen LogP contribution in [0.5, 0.6) is 0 Å². The summed E-state index contributed by atoms with van der Waals surface area (Å²) in [6.07, 6.45) is 0.689. The van der Waals surface area contributed by atoms with E-state index >= 15 is 0 Å². The Balaban J connectivity index is 2.07. The number of sulfonamides is 1. The summed E-state index contributed by atoms with van der Waals surface area (Å²) < 4.78 is 43.6. The number of halogens is 1. The lowest BCUT2D eigenvalue weighted by Crippen LogP contribution is -2.52. The number of hydrogen-bond acceptors (Lipinski definition) is 4. The van der Waals surface area contributed by atoms with Gasteiger partial charge in [-0.05, 0) is 70.9 Å². The van der Waals surface area contributed by atoms with Crippen LogP contribution in [0.15, 0.2) is 71.6 Å². The Kier molecular flexibility index (Phi) is 10.1. The van der Waals surface area contributed by atoms with E-state index in [1.54, 1.807) is 56.3 Å². The highest BCUT2D eigenvalue weighted by Crippen LogP contribution is 2.28. The van der Waals surface area contributed by atoms with Gasteiger partial charge in [-0.15, -0.1) is 0 Å². The summed E-state index contributed by atoms with van der Waals surface area (Å²) in [5.41, 5.74) is 3.08. The number of amides is 2. The molecule has 0 bridgehead atoms. The maximum absolute atomic E-state index is 14.7.